The molecule has 1 N–H and O–H groups in total. The number of para-hydroxylation sites is 1. The minimum Gasteiger partial charge on any atom is -0.339 e. The van der Waals surface area contributed by atoms with Gasteiger partial charge in [0.15, 0.2) is 0 Å². The molecule has 172 valence electrons. The lowest BCUT2D eigenvalue weighted by Gasteiger charge is -2.32. The number of nitrogens with zero attached hydrogens (tertiary/aromatic N) is 4. The zero-order valence-corrected chi connectivity index (χ0v) is 19.7. The van der Waals surface area contributed by atoms with Gasteiger partial charge in [-0.15, -0.1) is 11.3 Å². The van der Waals surface area contributed by atoms with Crippen molar-refractivity contribution in [2.75, 3.05) is 18.4 Å². The number of piperidine rings is 1. The van der Waals surface area contributed by atoms with Crippen LogP contribution in [0.25, 0.3) is 15.9 Å². The largest absolute Gasteiger partial charge is 0.339 e. The number of anilines is 1. The van der Waals surface area contributed by atoms with Crippen molar-refractivity contribution in [3.63, 3.8) is 0 Å². The molecule has 6 rings (SSSR count). The summed E-state index contributed by atoms with van der Waals surface area (Å²) in [5, 5.41) is 8.46. The van der Waals surface area contributed by atoms with Crippen molar-refractivity contribution >= 4 is 39.1 Å². The molecular formula is C26H25N5O2S. The van der Waals surface area contributed by atoms with Crippen LogP contribution >= 0.6 is 11.3 Å². The molecule has 1 aliphatic carbocycles. The Kier molecular flexibility index (Phi) is 4.99. The van der Waals surface area contributed by atoms with Crippen LogP contribution in [0.4, 0.5) is 5.69 Å². The first-order valence-corrected chi connectivity index (χ1v) is 12.4. The van der Waals surface area contributed by atoms with E-state index in [0.717, 1.165) is 45.9 Å². The summed E-state index contributed by atoms with van der Waals surface area (Å²) in [5.74, 6) is 0.0965. The molecule has 1 saturated heterocycles. The van der Waals surface area contributed by atoms with E-state index in [1.165, 1.54) is 0 Å². The third-order valence-electron chi connectivity index (χ3n) is 7.16. The van der Waals surface area contributed by atoms with E-state index < -0.39 is 0 Å². The molecule has 1 aliphatic heterocycles. The lowest BCUT2D eigenvalue weighted by atomic mass is 9.90. The number of aryl methyl sites for hydroxylation is 1. The van der Waals surface area contributed by atoms with Gasteiger partial charge in [-0.3, -0.25) is 9.59 Å². The number of hydrogen-bond acceptors (Lipinski definition) is 5. The fourth-order valence-electron chi connectivity index (χ4n) is 5.11. The Bertz CT molecular complexity index is 1380. The van der Waals surface area contributed by atoms with Gasteiger partial charge in [-0.1, -0.05) is 18.2 Å². The molecule has 2 aliphatic rings. The van der Waals surface area contributed by atoms with Gasteiger partial charge >= 0.3 is 0 Å². The van der Waals surface area contributed by atoms with Crippen molar-refractivity contribution in [1.29, 1.82) is 0 Å². The van der Waals surface area contributed by atoms with Crippen LogP contribution in [0.2, 0.25) is 0 Å². The maximum absolute atomic E-state index is 13.0. The van der Waals surface area contributed by atoms with E-state index in [1.54, 1.807) is 28.4 Å². The van der Waals surface area contributed by atoms with Crippen molar-refractivity contribution in [2.45, 2.75) is 26.2 Å². The van der Waals surface area contributed by atoms with Crippen LogP contribution in [0.15, 0.2) is 60.9 Å². The van der Waals surface area contributed by atoms with E-state index in [4.69, 9.17) is 0 Å². The van der Waals surface area contributed by atoms with Crippen LogP contribution in [0, 0.1) is 18.3 Å². The Hall–Kier alpha value is -3.52. The Morgan fingerprint density at radius 2 is 1.91 bits per heavy atom. The molecule has 2 aromatic carbocycles. The number of carbonyl (C=O) groups is 2. The number of thiazole rings is 1. The summed E-state index contributed by atoms with van der Waals surface area (Å²) in [7, 11) is 0. The molecule has 1 saturated carbocycles. The molecule has 0 radical (unpaired) electrons. The second-order valence-corrected chi connectivity index (χ2v) is 10.6. The summed E-state index contributed by atoms with van der Waals surface area (Å²) in [6.45, 7) is 3.33. The number of aromatic nitrogens is 3. The molecule has 0 unspecified atom stereocenters. The summed E-state index contributed by atoms with van der Waals surface area (Å²) < 4.78 is 2.86. The number of fused-ring (bicyclic) bond motifs is 1. The Morgan fingerprint density at radius 3 is 2.71 bits per heavy atom. The van der Waals surface area contributed by atoms with E-state index >= 15 is 0 Å². The van der Waals surface area contributed by atoms with Gasteiger partial charge in [0.2, 0.25) is 5.91 Å². The number of hydrogen-bond donors (Lipinski definition) is 1. The highest BCUT2D eigenvalue weighted by molar-refractivity contribution is 7.18. The standard InChI is InChI=1S/C26H25N5O2S/c1-17-28-22-13-19(7-8-23(22)34-17)29-24(32)21-14-26(21)9-11-30(12-10-26)25(33)18-15-27-31(16-18)20-5-3-2-4-6-20/h2-8,13,15-16,21H,9-12,14H2,1H3,(H,29,32)/t21-/m1/s1. The number of carbonyl (C=O) groups excluding carboxylic acids is 2. The summed E-state index contributed by atoms with van der Waals surface area (Å²) >= 11 is 1.66. The van der Waals surface area contributed by atoms with Crippen LogP contribution in [0.1, 0.15) is 34.6 Å². The van der Waals surface area contributed by atoms with E-state index in [2.05, 4.69) is 15.4 Å². The van der Waals surface area contributed by atoms with E-state index in [-0.39, 0.29) is 23.1 Å². The second kappa shape index (κ2) is 8.06. The van der Waals surface area contributed by atoms with Gasteiger partial charge in [0, 0.05) is 30.9 Å². The average Bonchev–Trinajstić information content (AvgIpc) is 3.18. The van der Waals surface area contributed by atoms with Gasteiger partial charge in [0.1, 0.15) is 0 Å². The quantitative estimate of drug-likeness (QED) is 0.469. The maximum Gasteiger partial charge on any atom is 0.257 e. The van der Waals surface area contributed by atoms with Crippen molar-refractivity contribution < 1.29 is 9.59 Å². The monoisotopic (exact) mass is 471 g/mol. The lowest BCUT2D eigenvalue weighted by Crippen LogP contribution is -2.40. The Labute approximate surface area is 201 Å². The van der Waals surface area contributed by atoms with Gasteiger partial charge in [-0.25, -0.2) is 9.67 Å². The van der Waals surface area contributed by atoms with E-state index in [0.29, 0.717) is 18.7 Å². The first-order chi connectivity index (χ1) is 16.5. The molecule has 7 nitrogen and oxygen atoms in total. The molecule has 2 aromatic heterocycles. The Balaban J connectivity index is 1.06. The predicted octanol–water partition coefficient (Wildman–Crippen LogP) is 4.67. The molecule has 2 fully saturated rings. The summed E-state index contributed by atoms with van der Waals surface area (Å²) in [4.78, 5) is 32.4. The number of nitrogens with one attached hydrogen (secondary N) is 1. The lowest BCUT2D eigenvalue weighted by molar-refractivity contribution is -0.118. The summed E-state index contributed by atoms with van der Waals surface area (Å²) in [6, 6.07) is 15.7. The van der Waals surface area contributed by atoms with Crippen molar-refractivity contribution in [1.82, 2.24) is 19.7 Å². The van der Waals surface area contributed by atoms with Crippen LogP contribution in [-0.4, -0.2) is 44.6 Å². The van der Waals surface area contributed by atoms with Gasteiger partial charge in [-0.05, 0) is 61.9 Å². The third kappa shape index (κ3) is 3.77. The first kappa shape index (κ1) is 21.0. The van der Waals surface area contributed by atoms with Gasteiger partial charge in [0.25, 0.3) is 5.91 Å². The fourth-order valence-corrected chi connectivity index (χ4v) is 5.92. The summed E-state index contributed by atoms with van der Waals surface area (Å²) in [6.07, 6.45) is 6.02. The van der Waals surface area contributed by atoms with E-state index in [9.17, 15) is 9.59 Å². The van der Waals surface area contributed by atoms with Gasteiger partial charge < -0.3 is 10.2 Å². The topological polar surface area (TPSA) is 80.1 Å². The maximum atomic E-state index is 13.0. The van der Waals surface area contributed by atoms with E-state index in [1.807, 2.05) is 60.4 Å². The van der Waals surface area contributed by atoms with Crippen molar-refractivity contribution in [3.05, 3.63) is 71.5 Å². The van der Waals surface area contributed by atoms with Crippen molar-refractivity contribution in [3.8, 4) is 5.69 Å². The van der Waals surface area contributed by atoms with Crippen LogP contribution in [-0.2, 0) is 4.79 Å². The molecular weight excluding hydrogens is 446 g/mol. The number of amides is 2. The molecule has 2 amide bonds. The third-order valence-corrected chi connectivity index (χ3v) is 8.12. The number of benzene rings is 2. The zero-order chi connectivity index (χ0) is 23.3. The predicted molar refractivity (Wildman–Crippen MR) is 132 cm³/mol. The van der Waals surface area contributed by atoms with Crippen molar-refractivity contribution in [2.24, 2.45) is 11.3 Å². The van der Waals surface area contributed by atoms with Crippen LogP contribution in [0.5, 0.6) is 0 Å². The highest BCUT2D eigenvalue weighted by Crippen LogP contribution is 2.59. The molecule has 0 bridgehead atoms. The number of likely N-dealkylation sites (tertiary alicyclic amines) is 1. The van der Waals surface area contributed by atoms with Crippen LogP contribution in [0.3, 0.4) is 0 Å². The molecule has 34 heavy (non-hydrogen) atoms. The second-order valence-electron chi connectivity index (χ2n) is 9.33. The van der Waals surface area contributed by atoms with Gasteiger partial charge in [-0.2, -0.15) is 5.10 Å². The summed E-state index contributed by atoms with van der Waals surface area (Å²) in [5.41, 5.74) is 3.27. The minimum absolute atomic E-state index is 0.00513. The normalized spacial score (nSPS) is 18.9. The average molecular weight is 472 g/mol. The fraction of sp³-hybridized carbons (Fsp3) is 0.308. The first-order valence-electron chi connectivity index (χ1n) is 11.6. The molecule has 8 heteroatoms. The highest BCUT2D eigenvalue weighted by atomic mass is 32.1. The highest BCUT2D eigenvalue weighted by Gasteiger charge is 2.58. The molecule has 1 spiro atoms. The SMILES string of the molecule is Cc1nc2cc(NC(=O)[C@H]3CC34CCN(C(=O)c3cnn(-c5ccccc5)c3)CC4)ccc2s1. The van der Waals surface area contributed by atoms with Gasteiger partial charge in [0.05, 0.1) is 32.7 Å². The number of rotatable bonds is 4. The smallest absolute Gasteiger partial charge is 0.257 e. The zero-order valence-electron chi connectivity index (χ0n) is 18.9. The minimum atomic E-state index is 0.00513. The molecule has 4 aromatic rings. The Morgan fingerprint density at radius 1 is 1.12 bits per heavy atom. The molecule has 1 atom stereocenters. The van der Waals surface area contributed by atoms with Crippen LogP contribution < -0.4 is 5.32 Å². The molecule has 3 heterocycles.